The van der Waals surface area contributed by atoms with Gasteiger partial charge in [-0.1, -0.05) is 49.9 Å². The van der Waals surface area contributed by atoms with E-state index in [1.807, 2.05) is 31.2 Å². The molecule has 5 nitrogen and oxygen atoms in total. The number of nitrogens with one attached hydrogen (secondary N) is 1. The summed E-state index contributed by atoms with van der Waals surface area (Å²) in [6.45, 7) is 1.96. The van der Waals surface area contributed by atoms with Crippen LogP contribution >= 0.6 is 0 Å². The number of hydrogen-bond acceptors (Lipinski definition) is 3. The summed E-state index contributed by atoms with van der Waals surface area (Å²) in [5.41, 5.74) is 2.03. The minimum absolute atomic E-state index is 0.0400. The van der Waals surface area contributed by atoms with Crippen molar-refractivity contribution >= 4 is 11.8 Å². The number of benzene rings is 1. The zero-order valence-corrected chi connectivity index (χ0v) is 15.2. The third-order valence-corrected chi connectivity index (χ3v) is 5.45. The van der Waals surface area contributed by atoms with E-state index in [0.717, 1.165) is 36.8 Å². The Bertz CT molecular complexity index is 623. The van der Waals surface area contributed by atoms with Gasteiger partial charge in [0.25, 0.3) is 5.91 Å². The van der Waals surface area contributed by atoms with Gasteiger partial charge in [-0.3, -0.25) is 9.59 Å². The Labute approximate surface area is 149 Å². The van der Waals surface area contributed by atoms with E-state index in [-0.39, 0.29) is 30.5 Å². The van der Waals surface area contributed by atoms with Crippen molar-refractivity contribution in [3.8, 4) is 0 Å². The highest BCUT2D eigenvalue weighted by Crippen LogP contribution is 2.31. The molecule has 1 saturated heterocycles. The molecule has 1 heterocycles. The largest absolute Gasteiger partial charge is 0.356 e. The normalized spacial score (nSPS) is 25.5. The molecule has 0 spiro atoms. The Balaban J connectivity index is 1.80. The predicted molar refractivity (Wildman–Crippen MR) is 96.1 cm³/mol. The van der Waals surface area contributed by atoms with E-state index in [0.29, 0.717) is 0 Å². The zero-order chi connectivity index (χ0) is 17.8. The van der Waals surface area contributed by atoms with E-state index in [2.05, 4.69) is 5.32 Å². The SMILES string of the molecule is Cc1ccccc1[C@@H]1[C@@H](C(=O)NC2CCCCCC2)OCC(=O)N1C. The maximum Gasteiger partial charge on any atom is 0.251 e. The third kappa shape index (κ3) is 4.03. The van der Waals surface area contributed by atoms with E-state index in [9.17, 15) is 9.59 Å². The lowest BCUT2D eigenvalue weighted by molar-refractivity contribution is -0.162. The van der Waals surface area contributed by atoms with Gasteiger partial charge in [-0.05, 0) is 30.9 Å². The molecule has 0 unspecified atom stereocenters. The first kappa shape index (κ1) is 17.9. The van der Waals surface area contributed by atoms with Crippen molar-refractivity contribution in [2.45, 2.75) is 63.6 Å². The number of hydrogen-bond donors (Lipinski definition) is 1. The van der Waals surface area contributed by atoms with Crippen molar-refractivity contribution in [2.75, 3.05) is 13.7 Å². The van der Waals surface area contributed by atoms with Crippen molar-refractivity contribution in [3.05, 3.63) is 35.4 Å². The summed E-state index contributed by atoms with van der Waals surface area (Å²) in [5.74, 6) is -0.189. The van der Waals surface area contributed by atoms with Gasteiger partial charge >= 0.3 is 0 Å². The molecule has 1 aliphatic heterocycles. The zero-order valence-electron chi connectivity index (χ0n) is 15.2. The highest BCUT2D eigenvalue weighted by Gasteiger charge is 2.41. The number of carbonyl (C=O) groups excluding carboxylic acids is 2. The fourth-order valence-corrected chi connectivity index (χ4v) is 3.93. The van der Waals surface area contributed by atoms with Gasteiger partial charge in [0.1, 0.15) is 6.61 Å². The van der Waals surface area contributed by atoms with Gasteiger partial charge in [-0.2, -0.15) is 0 Å². The molecular formula is C20H28N2O3. The Morgan fingerprint density at radius 1 is 1.16 bits per heavy atom. The van der Waals surface area contributed by atoms with Crippen molar-refractivity contribution in [3.63, 3.8) is 0 Å². The van der Waals surface area contributed by atoms with Crippen LogP contribution in [0.15, 0.2) is 24.3 Å². The van der Waals surface area contributed by atoms with Crippen LogP contribution in [0.1, 0.15) is 55.7 Å². The molecule has 1 aliphatic carbocycles. The number of likely N-dealkylation sites (N-methyl/N-ethyl adjacent to an activating group) is 1. The van der Waals surface area contributed by atoms with Crippen molar-refractivity contribution in [1.82, 2.24) is 10.2 Å². The minimum Gasteiger partial charge on any atom is -0.356 e. The van der Waals surface area contributed by atoms with Crippen LogP contribution in [-0.2, 0) is 14.3 Å². The number of amides is 2. The number of carbonyl (C=O) groups is 2. The molecule has 1 saturated carbocycles. The molecule has 1 aromatic carbocycles. The van der Waals surface area contributed by atoms with Gasteiger partial charge in [0.2, 0.25) is 5.91 Å². The smallest absolute Gasteiger partial charge is 0.251 e. The Hall–Kier alpha value is -1.88. The number of nitrogens with zero attached hydrogens (tertiary/aromatic N) is 1. The molecule has 1 N–H and O–H groups in total. The van der Waals surface area contributed by atoms with E-state index in [4.69, 9.17) is 4.74 Å². The Morgan fingerprint density at radius 3 is 2.52 bits per heavy atom. The second-order valence-corrected chi connectivity index (χ2v) is 7.23. The maximum atomic E-state index is 13.0. The number of rotatable bonds is 3. The second-order valence-electron chi connectivity index (χ2n) is 7.23. The summed E-state index contributed by atoms with van der Waals surface area (Å²) in [6.07, 6.45) is 6.22. The molecule has 2 amide bonds. The van der Waals surface area contributed by atoms with Crippen LogP contribution in [0.3, 0.4) is 0 Å². The van der Waals surface area contributed by atoms with E-state index < -0.39 is 6.10 Å². The molecule has 2 aliphatic rings. The van der Waals surface area contributed by atoms with E-state index >= 15 is 0 Å². The summed E-state index contributed by atoms with van der Waals surface area (Å²) in [7, 11) is 1.76. The molecule has 25 heavy (non-hydrogen) atoms. The molecule has 1 aromatic rings. The van der Waals surface area contributed by atoms with Gasteiger partial charge in [0.05, 0.1) is 6.04 Å². The molecule has 5 heteroatoms. The van der Waals surface area contributed by atoms with E-state index in [1.54, 1.807) is 11.9 Å². The van der Waals surface area contributed by atoms with Crippen LogP contribution < -0.4 is 5.32 Å². The molecule has 2 fully saturated rings. The lowest BCUT2D eigenvalue weighted by atomic mass is 9.93. The van der Waals surface area contributed by atoms with Crippen LogP contribution in [0.25, 0.3) is 0 Å². The van der Waals surface area contributed by atoms with Crippen molar-refractivity contribution in [2.24, 2.45) is 0 Å². The first-order valence-corrected chi connectivity index (χ1v) is 9.31. The quantitative estimate of drug-likeness (QED) is 0.858. The number of ether oxygens (including phenoxy) is 1. The van der Waals surface area contributed by atoms with Crippen molar-refractivity contribution < 1.29 is 14.3 Å². The number of aryl methyl sites for hydroxylation is 1. The monoisotopic (exact) mass is 344 g/mol. The van der Waals surface area contributed by atoms with Gasteiger partial charge in [-0.15, -0.1) is 0 Å². The molecular weight excluding hydrogens is 316 g/mol. The van der Waals surface area contributed by atoms with Gasteiger partial charge in [-0.25, -0.2) is 0 Å². The Morgan fingerprint density at radius 2 is 1.84 bits per heavy atom. The van der Waals surface area contributed by atoms with Gasteiger partial charge in [0.15, 0.2) is 6.10 Å². The van der Waals surface area contributed by atoms with E-state index in [1.165, 1.54) is 12.8 Å². The summed E-state index contributed by atoms with van der Waals surface area (Å²) in [4.78, 5) is 26.8. The number of morpholine rings is 1. The van der Waals surface area contributed by atoms with Crippen LogP contribution in [0.5, 0.6) is 0 Å². The second kappa shape index (κ2) is 8.00. The van der Waals surface area contributed by atoms with Gasteiger partial charge in [0, 0.05) is 13.1 Å². The summed E-state index contributed by atoms with van der Waals surface area (Å²) < 4.78 is 5.71. The van der Waals surface area contributed by atoms with Gasteiger partial charge < -0.3 is 15.0 Å². The highest BCUT2D eigenvalue weighted by atomic mass is 16.5. The first-order valence-electron chi connectivity index (χ1n) is 9.31. The summed E-state index contributed by atoms with van der Waals surface area (Å²) >= 11 is 0. The third-order valence-electron chi connectivity index (χ3n) is 5.45. The summed E-state index contributed by atoms with van der Waals surface area (Å²) in [6, 6.07) is 7.72. The van der Waals surface area contributed by atoms with Crippen molar-refractivity contribution in [1.29, 1.82) is 0 Å². The Kier molecular flexibility index (Phi) is 5.74. The summed E-state index contributed by atoms with van der Waals surface area (Å²) in [5, 5.41) is 3.18. The van der Waals surface area contributed by atoms with Crippen LogP contribution in [0.2, 0.25) is 0 Å². The molecule has 0 radical (unpaired) electrons. The lowest BCUT2D eigenvalue weighted by Crippen LogP contribution is -2.54. The molecule has 3 rings (SSSR count). The predicted octanol–water partition coefficient (Wildman–Crippen LogP) is 2.73. The topological polar surface area (TPSA) is 58.6 Å². The fourth-order valence-electron chi connectivity index (χ4n) is 3.93. The standard InChI is InChI=1S/C20H28N2O3/c1-14-9-7-8-12-16(14)18-19(25-13-17(23)22(18)2)20(24)21-15-10-5-3-4-6-11-15/h7-9,12,15,18-19H,3-6,10-11,13H2,1-2H3,(H,21,24)/t18-,19+/m1/s1. The first-order chi connectivity index (χ1) is 12.1. The van der Waals surface area contributed by atoms with Crippen LogP contribution in [-0.4, -0.2) is 42.5 Å². The van der Waals surface area contributed by atoms with Crippen LogP contribution in [0.4, 0.5) is 0 Å². The molecule has 0 bridgehead atoms. The average molecular weight is 344 g/mol. The minimum atomic E-state index is -0.660. The lowest BCUT2D eigenvalue weighted by Gasteiger charge is -2.39. The highest BCUT2D eigenvalue weighted by molar-refractivity contribution is 5.86. The molecule has 136 valence electrons. The maximum absolute atomic E-state index is 13.0. The fraction of sp³-hybridized carbons (Fsp3) is 0.600. The average Bonchev–Trinajstić information content (AvgIpc) is 2.86. The van der Waals surface area contributed by atoms with Crippen LogP contribution in [0, 0.1) is 6.92 Å². The molecule has 0 aromatic heterocycles. The molecule has 2 atom stereocenters.